The molecule has 1 N–H and O–H groups in total. The normalized spacial score (nSPS) is 24.6. The molecule has 8 nitrogen and oxygen atoms in total. The van der Waals surface area contributed by atoms with Crippen LogP contribution < -0.4 is 0 Å². The molecule has 2 rings (SSSR count). The Kier molecular flexibility index (Phi) is 7.34. The Labute approximate surface area is 149 Å². The van der Waals surface area contributed by atoms with E-state index < -0.39 is 0 Å². The molecule has 142 valence electrons. The van der Waals surface area contributed by atoms with E-state index in [1.54, 1.807) is 9.58 Å². The molecule has 0 saturated heterocycles. The SMILES string of the molecule is C[C@H](CO)N1C[C@H](C)[C@H](CN(C)C)OCc2cn(nn2)CCCC1=O. The molecular formula is C17H31N5O3. The third-order valence-corrected chi connectivity index (χ3v) is 4.59. The van der Waals surface area contributed by atoms with Gasteiger partial charge in [0.2, 0.25) is 5.91 Å². The topological polar surface area (TPSA) is 83.7 Å². The van der Waals surface area contributed by atoms with Gasteiger partial charge in [0.25, 0.3) is 0 Å². The number of ether oxygens (including phenoxy) is 1. The molecule has 1 aliphatic heterocycles. The Morgan fingerprint density at radius 1 is 1.48 bits per heavy atom. The number of nitrogens with zero attached hydrogens (tertiary/aromatic N) is 5. The number of carbonyl (C=O) groups is 1. The van der Waals surface area contributed by atoms with Gasteiger partial charge in [0, 0.05) is 32.0 Å². The monoisotopic (exact) mass is 353 g/mol. The minimum Gasteiger partial charge on any atom is -0.394 e. The van der Waals surface area contributed by atoms with Crippen LogP contribution in [0.15, 0.2) is 6.20 Å². The van der Waals surface area contributed by atoms with Crippen molar-refractivity contribution in [1.82, 2.24) is 24.8 Å². The lowest BCUT2D eigenvalue weighted by Gasteiger charge is -2.34. The number of likely N-dealkylation sites (N-methyl/N-ethyl adjacent to an activating group) is 1. The van der Waals surface area contributed by atoms with E-state index in [1.807, 2.05) is 27.2 Å². The summed E-state index contributed by atoms with van der Waals surface area (Å²) in [5, 5.41) is 17.8. The fourth-order valence-corrected chi connectivity index (χ4v) is 3.05. The number of rotatable bonds is 4. The zero-order chi connectivity index (χ0) is 18.4. The molecule has 0 aromatic carbocycles. The Morgan fingerprint density at radius 3 is 2.92 bits per heavy atom. The quantitative estimate of drug-likeness (QED) is 0.842. The molecule has 25 heavy (non-hydrogen) atoms. The molecule has 3 atom stereocenters. The summed E-state index contributed by atoms with van der Waals surface area (Å²) >= 11 is 0. The van der Waals surface area contributed by atoms with Crippen molar-refractivity contribution in [2.24, 2.45) is 5.92 Å². The molecule has 2 bridgehead atoms. The van der Waals surface area contributed by atoms with Crippen molar-refractivity contribution >= 4 is 5.91 Å². The second-order valence-corrected chi connectivity index (χ2v) is 7.24. The summed E-state index contributed by atoms with van der Waals surface area (Å²) < 4.78 is 7.87. The molecule has 1 aliphatic rings. The van der Waals surface area contributed by atoms with Crippen LogP contribution in [0.5, 0.6) is 0 Å². The van der Waals surface area contributed by atoms with E-state index in [0.717, 1.165) is 12.2 Å². The van der Waals surface area contributed by atoms with Gasteiger partial charge in [-0.25, -0.2) is 0 Å². The number of aliphatic hydroxyl groups is 1. The minimum absolute atomic E-state index is 0.0380. The largest absolute Gasteiger partial charge is 0.394 e. The number of fused-ring (bicyclic) bond motifs is 2. The Balaban J connectivity index is 2.20. The average Bonchev–Trinajstić information content (AvgIpc) is 3.02. The van der Waals surface area contributed by atoms with E-state index in [2.05, 4.69) is 22.1 Å². The van der Waals surface area contributed by atoms with Gasteiger partial charge in [-0.1, -0.05) is 12.1 Å². The third-order valence-electron chi connectivity index (χ3n) is 4.59. The number of aliphatic hydroxyl groups excluding tert-OH is 1. The van der Waals surface area contributed by atoms with Crippen LogP contribution in [-0.4, -0.2) is 81.7 Å². The van der Waals surface area contributed by atoms with E-state index in [9.17, 15) is 9.90 Å². The lowest BCUT2D eigenvalue weighted by atomic mass is 10.0. The van der Waals surface area contributed by atoms with Crippen LogP contribution in [0.3, 0.4) is 0 Å². The molecular weight excluding hydrogens is 322 g/mol. The number of hydrogen-bond donors (Lipinski definition) is 1. The Hall–Kier alpha value is -1.51. The average molecular weight is 353 g/mol. The van der Waals surface area contributed by atoms with Gasteiger partial charge in [-0.15, -0.1) is 5.10 Å². The highest BCUT2D eigenvalue weighted by molar-refractivity contribution is 5.76. The van der Waals surface area contributed by atoms with Crippen molar-refractivity contribution in [3.05, 3.63) is 11.9 Å². The second kappa shape index (κ2) is 9.26. The van der Waals surface area contributed by atoms with Crippen LogP contribution in [-0.2, 0) is 22.7 Å². The molecule has 8 heteroatoms. The van der Waals surface area contributed by atoms with Gasteiger partial charge in [0.15, 0.2) is 0 Å². The number of carbonyl (C=O) groups excluding carboxylic acids is 1. The van der Waals surface area contributed by atoms with Crippen LogP contribution in [0, 0.1) is 5.92 Å². The fraction of sp³-hybridized carbons (Fsp3) is 0.824. The summed E-state index contributed by atoms with van der Waals surface area (Å²) in [5.41, 5.74) is 0.808. The summed E-state index contributed by atoms with van der Waals surface area (Å²) in [4.78, 5) is 16.5. The second-order valence-electron chi connectivity index (χ2n) is 7.24. The van der Waals surface area contributed by atoms with Crippen LogP contribution in [0.4, 0.5) is 0 Å². The van der Waals surface area contributed by atoms with Crippen LogP contribution in [0.2, 0.25) is 0 Å². The van der Waals surface area contributed by atoms with Crippen molar-refractivity contribution in [3.8, 4) is 0 Å². The highest BCUT2D eigenvalue weighted by atomic mass is 16.5. The van der Waals surface area contributed by atoms with Gasteiger partial charge in [-0.3, -0.25) is 9.48 Å². The van der Waals surface area contributed by atoms with Crippen LogP contribution in [0.25, 0.3) is 0 Å². The summed E-state index contributed by atoms with van der Waals surface area (Å²) in [5.74, 6) is 0.202. The maximum atomic E-state index is 12.7. The Bertz CT molecular complexity index is 548. The molecule has 0 radical (unpaired) electrons. The van der Waals surface area contributed by atoms with Gasteiger partial charge in [0.05, 0.1) is 31.6 Å². The van der Waals surface area contributed by atoms with E-state index in [-0.39, 0.29) is 30.6 Å². The van der Waals surface area contributed by atoms with E-state index in [0.29, 0.717) is 32.5 Å². The van der Waals surface area contributed by atoms with Crippen LogP contribution >= 0.6 is 0 Å². The predicted molar refractivity (Wildman–Crippen MR) is 93.8 cm³/mol. The zero-order valence-corrected chi connectivity index (χ0v) is 15.8. The number of hydrogen-bond acceptors (Lipinski definition) is 6. The summed E-state index contributed by atoms with van der Waals surface area (Å²) in [6, 6.07) is -0.197. The van der Waals surface area contributed by atoms with Crippen molar-refractivity contribution in [2.45, 2.75) is 52.0 Å². The first-order valence-electron chi connectivity index (χ1n) is 8.96. The van der Waals surface area contributed by atoms with E-state index in [1.165, 1.54) is 0 Å². The van der Waals surface area contributed by atoms with Gasteiger partial charge >= 0.3 is 0 Å². The highest BCUT2D eigenvalue weighted by Crippen LogP contribution is 2.17. The molecule has 1 aromatic rings. The molecule has 1 amide bonds. The van der Waals surface area contributed by atoms with Gasteiger partial charge in [0.1, 0.15) is 5.69 Å². The molecule has 0 spiro atoms. The van der Waals surface area contributed by atoms with Crippen molar-refractivity contribution < 1.29 is 14.6 Å². The summed E-state index contributed by atoms with van der Waals surface area (Å²) in [7, 11) is 4.01. The smallest absolute Gasteiger partial charge is 0.222 e. The molecule has 1 aromatic heterocycles. The van der Waals surface area contributed by atoms with Gasteiger partial charge in [-0.05, 0) is 27.4 Å². The molecule has 0 fully saturated rings. The first kappa shape index (κ1) is 19.8. The number of aromatic nitrogens is 3. The minimum atomic E-state index is -0.197. The van der Waals surface area contributed by atoms with E-state index in [4.69, 9.17) is 4.74 Å². The summed E-state index contributed by atoms with van der Waals surface area (Å²) in [6.45, 7) is 6.32. The molecule has 0 aliphatic carbocycles. The number of aryl methyl sites for hydroxylation is 1. The Morgan fingerprint density at radius 2 is 2.24 bits per heavy atom. The molecule has 2 heterocycles. The lowest BCUT2D eigenvalue weighted by Crippen LogP contribution is -2.46. The molecule has 0 saturated carbocycles. The lowest BCUT2D eigenvalue weighted by molar-refractivity contribution is -0.136. The highest BCUT2D eigenvalue weighted by Gasteiger charge is 2.27. The number of amides is 1. The van der Waals surface area contributed by atoms with Crippen molar-refractivity contribution in [2.75, 3.05) is 33.8 Å². The fourth-order valence-electron chi connectivity index (χ4n) is 3.05. The standard InChI is InChI=1S/C17H31N5O3/c1-13-8-22(14(2)11-23)17(24)6-5-7-21-9-15(18-19-21)12-25-16(13)10-20(3)4/h9,13-14,16,23H,5-8,10-12H2,1-4H3/t13-,14+,16-/m0/s1. The van der Waals surface area contributed by atoms with Gasteiger partial charge in [-0.2, -0.15) is 0 Å². The van der Waals surface area contributed by atoms with E-state index >= 15 is 0 Å². The maximum Gasteiger partial charge on any atom is 0.222 e. The summed E-state index contributed by atoms with van der Waals surface area (Å²) in [6.07, 6.45) is 2.98. The van der Waals surface area contributed by atoms with Crippen molar-refractivity contribution in [1.29, 1.82) is 0 Å². The third kappa shape index (κ3) is 5.76. The van der Waals surface area contributed by atoms with Crippen LogP contribution in [0.1, 0.15) is 32.4 Å². The van der Waals surface area contributed by atoms with Crippen molar-refractivity contribution in [3.63, 3.8) is 0 Å². The maximum absolute atomic E-state index is 12.7. The van der Waals surface area contributed by atoms with Gasteiger partial charge < -0.3 is 19.6 Å². The zero-order valence-electron chi connectivity index (χ0n) is 15.8. The first-order valence-corrected chi connectivity index (χ1v) is 8.96. The molecule has 0 unspecified atom stereocenters. The predicted octanol–water partition coefficient (Wildman–Crippen LogP) is 0.364. The first-order chi connectivity index (χ1) is 11.9.